The fourth-order valence-corrected chi connectivity index (χ4v) is 2.12. The zero-order chi connectivity index (χ0) is 17.5. The molecule has 0 saturated carbocycles. The highest BCUT2D eigenvalue weighted by molar-refractivity contribution is 6.03. The molecule has 0 saturated heterocycles. The van der Waals surface area contributed by atoms with Crippen molar-refractivity contribution in [3.8, 4) is 0 Å². The van der Waals surface area contributed by atoms with Gasteiger partial charge in [-0.05, 0) is 31.2 Å². The molecular formula is C18H18N2O4. The second kappa shape index (κ2) is 7.92. The zero-order valence-corrected chi connectivity index (χ0v) is 13.5. The number of para-hydroxylation sites is 1. The van der Waals surface area contributed by atoms with E-state index in [-0.39, 0.29) is 18.0 Å². The summed E-state index contributed by atoms with van der Waals surface area (Å²) in [7, 11) is 1.27. The number of amides is 2. The third kappa shape index (κ3) is 4.42. The van der Waals surface area contributed by atoms with Crippen molar-refractivity contribution in [3.63, 3.8) is 0 Å². The van der Waals surface area contributed by atoms with Crippen LogP contribution in [0.1, 0.15) is 26.3 Å². The second-order valence-corrected chi connectivity index (χ2v) is 5.14. The van der Waals surface area contributed by atoms with Gasteiger partial charge in [0.25, 0.3) is 5.91 Å². The highest BCUT2D eigenvalue weighted by Gasteiger charge is 2.14. The van der Waals surface area contributed by atoms with Gasteiger partial charge >= 0.3 is 5.97 Å². The Morgan fingerprint density at radius 1 is 1.04 bits per heavy atom. The molecule has 6 heteroatoms. The molecule has 0 atom stereocenters. The number of benzene rings is 2. The second-order valence-electron chi connectivity index (χ2n) is 5.14. The molecule has 0 aliphatic carbocycles. The number of hydrogen-bond donors (Lipinski definition) is 2. The molecule has 0 aliphatic rings. The number of carbonyl (C=O) groups excluding carboxylic acids is 3. The minimum Gasteiger partial charge on any atom is -0.465 e. The number of ether oxygens (including phenoxy) is 1. The lowest BCUT2D eigenvalue weighted by atomic mass is 10.1. The molecule has 2 aromatic carbocycles. The summed E-state index contributed by atoms with van der Waals surface area (Å²) < 4.78 is 4.67. The Kier molecular flexibility index (Phi) is 5.68. The maximum Gasteiger partial charge on any atom is 0.339 e. The number of methoxy groups -OCH3 is 1. The fraction of sp³-hybridized carbons (Fsp3) is 0.167. The number of rotatable bonds is 5. The van der Waals surface area contributed by atoms with Gasteiger partial charge in [0, 0.05) is 5.56 Å². The Morgan fingerprint density at radius 2 is 1.79 bits per heavy atom. The van der Waals surface area contributed by atoms with Crippen molar-refractivity contribution in [2.75, 3.05) is 19.0 Å². The topological polar surface area (TPSA) is 84.5 Å². The van der Waals surface area contributed by atoms with E-state index in [1.54, 1.807) is 42.5 Å². The third-order valence-corrected chi connectivity index (χ3v) is 3.30. The van der Waals surface area contributed by atoms with Crippen molar-refractivity contribution in [3.05, 3.63) is 65.2 Å². The van der Waals surface area contributed by atoms with Gasteiger partial charge in [-0.2, -0.15) is 0 Å². The van der Waals surface area contributed by atoms with Crippen LogP contribution in [0.3, 0.4) is 0 Å². The lowest BCUT2D eigenvalue weighted by molar-refractivity contribution is -0.115. The Bertz CT molecular complexity index is 771. The molecule has 6 nitrogen and oxygen atoms in total. The SMILES string of the molecule is COC(=O)c1ccccc1NC(=O)CNC(=O)c1cccc(C)c1. The molecule has 124 valence electrons. The number of nitrogens with one attached hydrogen (secondary N) is 2. The van der Waals surface area contributed by atoms with Crippen molar-refractivity contribution in [2.45, 2.75) is 6.92 Å². The van der Waals surface area contributed by atoms with Crippen LogP contribution in [0, 0.1) is 6.92 Å². The maximum absolute atomic E-state index is 12.0. The Morgan fingerprint density at radius 3 is 2.50 bits per heavy atom. The highest BCUT2D eigenvalue weighted by atomic mass is 16.5. The van der Waals surface area contributed by atoms with E-state index in [0.717, 1.165) is 5.56 Å². The molecule has 0 fully saturated rings. The van der Waals surface area contributed by atoms with E-state index in [2.05, 4.69) is 15.4 Å². The van der Waals surface area contributed by atoms with E-state index in [4.69, 9.17) is 0 Å². The van der Waals surface area contributed by atoms with Gasteiger partial charge in [-0.1, -0.05) is 29.8 Å². The van der Waals surface area contributed by atoms with Crippen LogP contribution in [0.15, 0.2) is 48.5 Å². The molecule has 2 N–H and O–H groups in total. The predicted octanol–water partition coefficient (Wildman–Crippen LogP) is 2.15. The van der Waals surface area contributed by atoms with Crippen LogP contribution in [0.2, 0.25) is 0 Å². The molecule has 0 unspecified atom stereocenters. The van der Waals surface area contributed by atoms with Crippen LogP contribution in [-0.2, 0) is 9.53 Å². The first kappa shape index (κ1) is 17.2. The van der Waals surface area contributed by atoms with E-state index in [1.807, 2.05) is 13.0 Å². The van der Waals surface area contributed by atoms with Crippen molar-refractivity contribution < 1.29 is 19.1 Å². The van der Waals surface area contributed by atoms with Crippen LogP contribution < -0.4 is 10.6 Å². The van der Waals surface area contributed by atoms with Crippen molar-refractivity contribution >= 4 is 23.5 Å². The average Bonchev–Trinajstić information content (AvgIpc) is 2.59. The highest BCUT2D eigenvalue weighted by Crippen LogP contribution is 2.15. The molecule has 0 aliphatic heterocycles. The molecule has 0 aromatic heterocycles. The largest absolute Gasteiger partial charge is 0.465 e. The van der Waals surface area contributed by atoms with Gasteiger partial charge in [0.2, 0.25) is 5.91 Å². The summed E-state index contributed by atoms with van der Waals surface area (Å²) in [6.45, 7) is 1.68. The minimum absolute atomic E-state index is 0.206. The normalized spacial score (nSPS) is 9.92. The first-order chi connectivity index (χ1) is 11.5. The monoisotopic (exact) mass is 326 g/mol. The van der Waals surface area contributed by atoms with Crippen molar-refractivity contribution in [1.82, 2.24) is 5.32 Å². The minimum atomic E-state index is -0.547. The van der Waals surface area contributed by atoms with Gasteiger partial charge in [0.15, 0.2) is 0 Å². The fourth-order valence-electron chi connectivity index (χ4n) is 2.12. The number of carbonyl (C=O) groups is 3. The lowest BCUT2D eigenvalue weighted by Crippen LogP contribution is -2.33. The Balaban J connectivity index is 1.97. The molecule has 0 spiro atoms. The Hall–Kier alpha value is -3.15. The molecule has 0 heterocycles. The smallest absolute Gasteiger partial charge is 0.339 e. The maximum atomic E-state index is 12.0. The van der Waals surface area contributed by atoms with E-state index in [0.29, 0.717) is 11.3 Å². The van der Waals surface area contributed by atoms with Gasteiger partial charge in [-0.3, -0.25) is 9.59 Å². The number of anilines is 1. The van der Waals surface area contributed by atoms with Crippen LogP contribution in [-0.4, -0.2) is 31.4 Å². The average molecular weight is 326 g/mol. The van der Waals surface area contributed by atoms with Crippen molar-refractivity contribution in [2.24, 2.45) is 0 Å². The number of aryl methyl sites for hydroxylation is 1. The molecule has 0 bridgehead atoms. The molecule has 2 amide bonds. The van der Waals surface area contributed by atoms with Gasteiger partial charge in [-0.25, -0.2) is 4.79 Å². The molecule has 2 aromatic rings. The zero-order valence-electron chi connectivity index (χ0n) is 13.5. The summed E-state index contributed by atoms with van der Waals surface area (Å²) in [4.78, 5) is 35.7. The van der Waals surface area contributed by atoms with E-state index in [1.165, 1.54) is 7.11 Å². The summed E-state index contributed by atoms with van der Waals surface area (Å²) in [6, 6.07) is 13.6. The number of esters is 1. The predicted molar refractivity (Wildman–Crippen MR) is 89.9 cm³/mol. The van der Waals surface area contributed by atoms with Crippen LogP contribution in [0.5, 0.6) is 0 Å². The lowest BCUT2D eigenvalue weighted by Gasteiger charge is -2.10. The summed E-state index contributed by atoms with van der Waals surface area (Å²) in [5.41, 5.74) is 2.02. The van der Waals surface area contributed by atoms with Crippen LogP contribution in [0.25, 0.3) is 0 Å². The summed E-state index contributed by atoms with van der Waals surface area (Å²) in [5.74, 6) is -1.32. The summed E-state index contributed by atoms with van der Waals surface area (Å²) in [5, 5.41) is 5.13. The van der Waals surface area contributed by atoms with Gasteiger partial charge < -0.3 is 15.4 Å². The van der Waals surface area contributed by atoms with Gasteiger partial charge in [0.1, 0.15) is 0 Å². The van der Waals surface area contributed by atoms with E-state index in [9.17, 15) is 14.4 Å². The quantitative estimate of drug-likeness (QED) is 0.825. The summed E-state index contributed by atoms with van der Waals surface area (Å²) in [6.07, 6.45) is 0. The van der Waals surface area contributed by atoms with Gasteiger partial charge in [0.05, 0.1) is 24.9 Å². The standard InChI is InChI=1S/C18H18N2O4/c1-12-6-5-7-13(10-12)17(22)19-11-16(21)20-15-9-4-3-8-14(15)18(23)24-2/h3-10H,11H2,1-2H3,(H,19,22)(H,20,21). The van der Waals surface area contributed by atoms with E-state index < -0.39 is 11.9 Å². The molecule has 0 radical (unpaired) electrons. The number of hydrogen-bond acceptors (Lipinski definition) is 4. The van der Waals surface area contributed by atoms with Crippen LogP contribution in [0.4, 0.5) is 5.69 Å². The molecule has 2 rings (SSSR count). The Labute approximate surface area is 139 Å². The summed E-state index contributed by atoms with van der Waals surface area (Å²) >= 11 is 0. The van der Waals surface area contributed by atoms with Gasteiger partial charge in [-0.15, -0.1) is 0 Å². The first-order valence-electron chi connectivity index (χ1n) is 7.33. The molecular weight excluding hydrogens is 308 g/mol. The van der Waals surface area contributed by atoms with Crippen LogP contribution >= 0.6 is 0 Å². The van der Waals surface area contributed by atoms with E-state index >= 15 is 0 Å². The molecule has 24 heavy (non-hydrogen) atoms. The van der Waals surface area contributed by atoms with Crippen molar-refractivity contribution in [1.29, 1.82) is 0 Å². The first-order valence-corrected chi connectivity index (χ1v) is 7.33. The third-order valence-electron chi connectivity index (χ3n) is 3.30.